The number of aryl methyl sites for hydroxylation is 2. The summed E-state index contributed by atoms with van der Waals surface area (Å²) in [7, 11) is -3.88. The number of hydrogen-bond donors (Lipinski definition) is 2. The second-order valence-electron chi connectivity index (χ2n) is 4.70. The molecule has 2 aromatic rings. The molecule has 0 heterocycles. The monoisotopic (exact) mass is 372 g/mol. The van der Waals surface area contributed by atoms with Crippen LogP contribution in [0.15, 0.2) is 39.7 Å². The summed E-state index contributed by atoms with van der Waals surface area (Å²) in [5.74, 6) is -0.581. The molecule has 2 aromatic carbocycles. The molecule has 0 radical (unpaired) electrons. The van der Waals surface area contributed by atoms with E-state index in [1.165, 1.54) is 0 Å². The van der Waals surface area contributed by atoms with Crippen molar-refractivity contribution in [3.8, 4) is 0 Å². The molecule has 0 aliphatic rings. The van der Waals surface area contributed by atoms with Crippen LogP contribution >= 0.6 is 15.9 Å². The third-order valence-electron chi connectivity index (χ3n) is 3.00. The highest BCUT2D eigenvalue weighted by molar-refractivity contribution is 9.10. The number of nitrogens with one attached hydrogen (secondary N) is 1. The molecule has 0 saturated heterocycles. The van der Waals surface area contributed by atoms with Gasteiger partial charge in [-0.15, -0.1) is 0 Å². The highest BCUT2D eigenvalue weighted by atomic mass is 79.9. The zero-order chi connectivity index (χ0) is 15.8. The molecule has 112 valence electrons. The van der Waals surface area contributed by atoms with Crippen molar-refractivity contribution in [2.75, 3.05) is 10.5 Å². The number of halogens is 2. The van der Waals surface area contributed by atoms with E-state index < -0.39 is 15.8 Å². The van der Waals surface area contributed by atoms with E-state index in [1.54, 1.807) is 26.0 Å². The van der Waals surface area contributed by atoms with Crippen molar-refractivity contribution in [3.05, 3.63) is 51.7 Å². The van der Waals surface area contributed by atoms with Crippen LogP contribution in [-0.4, -0.2) is 8.42 Å². The Hall–Kier alpha value is -1.60. The fourth-order valence-electron chi connectivity index (χ4n) is 2.03. The molecule has 3 N–H and O–H groups in total. The van der Waals surface area contributed by atoms with Gasteiger partial charge in [-0.1, -0.05) is 15.9 Å². The molecule has 0 aliphatic carbocycles. The number of sulfonamides is 1. The highest BCUT2D eigenvalue weighted by Gasteiger charge is 2.20. The summed E-state index contributed by atoms with van der Waals surface area (Å²) >= 11 is 3.35. The van der Waals surface area contributed by atoms with E-state index in [4.69, 9.17) is 5.73 Å². The molecule has 4 nitrogen and oxygen atoms in total. The average Bonchev–Trinajstić information content (AvgIpc) is 2.33. The molecule has 0 fully saturated rings. The average molecular weight is 373 g/mol. The first-order valence-electron chi connectivity index (χ1n) is 6.05. The number of anilines is 2. The first-order chi connectivity index (χ1) is 9.70. The fourth-order valence-corrected chi connectivity index (χ4v) is 4.03. The standard InChI is InChI=1S/C14H14BrFN2O2S/c1-8-5-10(15)6-9(2)14(8)18-21(19,20)13-4-3-11(16)7-12(13)17/h3-7,18H,17H2,1-2H3. The second-order valence-corrected chi connectivity index (χ2v) is 7.27. The van der Waals surface area contributed by atoms with Gasteiger partial charge in [0, 0.05) is 4.47 Å². The molecule has 2 rings (SSSR count). The molecule has 21 heavy (non-hydrogen) atoms. The molecular formula is C14H14BrFN2O2S. The van der Waals surface area contributed by atoms with Gasteiger partial charge < -0.3 is 5.73 Å². The predicted octanol–water partition coefficient (Wildman–Crippen LogP) is 3.59. The van der Waals surface area contributed by atoms with Gasteiger partial charge in [0.25, 0.3) is 10.0 Å². The minimum absolute atomic E-state index is 0.130. The zero-order valence-corrected chi connectivity index (χ0v) is 13.8. The molecule has 0 saturated carbocycles. The van der Waals surface area contributed by atoms with Crippen molar-refractivity contribution in [3.63, 3.8) is 0 Å². The summed E-state index contributed by atoms with van der Waals surface area (Å²) in [5.41, 5.74) is 7.49. The SMILES string of the molecule is Cc1cc(Br)cc(C)c1NS(=O)(=O)c1ccc(F)cc1N. The number of hydrogen-bond acceptors (Lipinski definition) is 3. The summed E-state index contributed by atoms with van der Waals surface area (Å²) in [4.78, 5) is -0.148. The molecule has 0 atom stereocenters. The van der Waals surface area contributed by atoms with Crippen molar-refractivity contribution in [1.82, 2.24) is 0 Å². The van der Waals surface area contributed by atoms with Gasteiger partial charge in [0.2, 0.25) is 0 Å². The van der Waals surface area contributed by atoms with Gasteiger partial charge in [0.05, 0.1) is 11.4 Å². The van der Waals surface area contributed by atoms with Gasteiger partial charge in [-0.05, 0) is 55.3 Å². The summed E-state index contributed by atoms with van der Waals surface area (Å²) < 4.78 is 41.2. The fraction of sp³-hybridized carbons (Fsp3) is 0.143. The lowest BCUT2D eigenvalue weighted by Crippen LogP contribution is -2.16. The Balaban J connectivity index is 2.47. The van der Waals surface area contributed by atoms with E-state index >= 15 is 0 Å². The van der Waals surface area contributed by atoms with Gasteiger partial charge in [0.15, 0.2) is 0 Å². The lowest BCUT2D eigenvalue weighted by Gasteiger charge is -2.15. The molecule has 0 unspecified atom stereocenters. The van der Waals surface area contributed by atoms with Crippen LogP contribution < -0.4 is 10.5 Å². The molecule has 0 bridgehead atoms. The summed E-state index contributed by atoms with van der Waals surface area (Å²) in [6, 6.07) is 6.80. The van der Waals surface area contributed by atoms with E-state index in [9.17, 15) is 12.8 Å². The van der Waals surface area contributed by atoms with Crippen LogP contribution in [0.4, 0.5) is 15.8 Å². The quantitative estimate of drug-likeness (QED) is 0.808. The highest BCUT2D eigenvalue weighted by Crippen LogP contribution is 2.29. The molecule has 0 amide bonds. The molecule has 0 spiro atoms. The summed E-state index contributed by atoms with van der Waals surface area (Å²) in [5, 5.41) is 0. The van der Waals surface area contributed by atoms with E-state index in [2.05, 4.69) is 20.7 Å². The van der Waals surface area contributed by atoms with Gasteiger partial charge in [-0.2, -0.15) is 0 Å². The van der Waals surface area contributed by atoms with Crippen LogP contribution in [0.3, 0.4) is 0 Å². The van der Waals surface area contributed by atoms with Gasteiger partial charge in [-0.25, -0.2) is 12.8 Å². The third kappa shape index (κ3) is 3.36. The minimum atomic E-state index is -3.88. The number of rotatable bonds is 3. The van der Waals surface area contributed by atoms with E-state index in [0.29, 0.717) is 5.69 Å². The Morgan fingerprint density at radius 3 is 2.24 bits per heavy atom. The van der Waals surface area contributed by atoms with Crippen molar-refractivity contribution in [1.29, 1.82) is 0 Å². The first-order valence-corrected chi connectivity index (χ1v) is 8.33. The first kappa shape index (κ1) is 15.8. The molecule has 7 heteroatoms. The predicted molar refractivity (Wildman–Crippen MR) is 85.2 cm³/mol. The van der Waals surface area contributed by atoms with Crippen molar-refractivity contribution in [2.24, 2.45) is 0 Å². The van der Waals surface area contributed by atoms with Crippen LogP contribution in [0.1, 0.15) is 11.1 Å². The molecular weight excluding hydrogens is 359 g/mol. The van der Waals surface area contributed by atoms with Crippen molar-refractivity contribution >= 4 is 37.3 Å². The maximum Gasteiger partial charge on any atom is 0.263 e. The molecule has 0 aromatic heterocycles. The third-order valence-corrected chi connectivity index (χ3v) is 4.88. The Morgan fingerprint density at radius 2 is 1.71 bits per heavy atom. The second kappa shape index (κ2) is 5.65. The van der Waals surface area contributed by atoms with Crippen LogP contribution in [0.2, 0.25) is 0 Å². The largest absolute Gasteiger partial charge is 0.398 e. The number of nitrogens with two attached hydrogens (primary N) is 1. The van der Waals surface area contributed by atoms with Crippen LogP contribution in [0.5, 0.6) is 0 Å². The Labute approximate surface area is 131 Å². The Kier molecular flexibility index (Phi) is 4.25. The summed E-state index contributed by atoms with van der Waals surface area (Å²) in [6.07, 6.45) is 0. The number of benzene rings is 2. The van der Waals surface area contributed by atoms with E-state index in [-0.39, 0.29) is 10.6 Å². The normalized spacial score (nSPS) is 11.4. The van der Waals surface area contributed by atoms with Crippen LogP contribution in [-0.2, 0) is 10.0 Å². The Morgan fingerprint density at radius 1 is 1.14 bits per heavy atom. The maximum atomic E-state index is 13.0. The summed E-state index contributed by atoms with van der Waals surface area (Å²) in [6.45, 7) is 3.59. The van der Waals surface area contributed by atoms with E-state index in [1.807, 2.05) is 0 Å². The lowest BCUT2D eigenvalue weighted by molar-refractivity contribution is 0.600. The lowest BCUT2D eigenvalue weighted by atomic mass is 10.1. The van der Waals surface area contributed by atoms with Crippen molar-refractivity contribution < 1.29 is 12.8 Å². The van der Waals surface area contributed by atoms with E-state index in [0.717, 1.165) is 33.8 Å². The smallest absolute Gasteiger partial charge is 0.263 e. The van der Waals surface area contributed by atoms with Gasteiger partial charge >= 0.3 is 0 Å². The topological polar surface area (TPSA) is 72.2 Å². The van der Waals surface area contributed by atoms with Gasteiger partial charge in [0.1, 0.15) is 10.7 Å². The maximum absolute atomic E-state index is 13.0. The van der Waals surface area contributed by atoms with Crippen LogP contribution in [0, 0.1) is 19.7 Å². The van der Waals surface area contributed by atoms with Crippen molar-refractivity contribution in [2.45, 2.75) is 18.7 Å². The van der Waals surface area contributed by atoms with Crippen LogP contribution in [0.25, 0.3) is 0 Å². The minimum Gasteiger partial charge on any atom is -0.398 e. The van der Waals surface area contributed by atoms with Gasteiger partial charge in [-0.3, -0.25) is 4.72 Å². The molecule has 0 aliphatic heterocycles. The zero-order valence-electron chi connectivity index (χ0n) is 11.4. The Bertz CT molecular complexity index is 784. The number of nitrogen functional groups attached to an aromatic ring is 1.